The molecule has 0 aliphatic heterocycles. The summed E-state index contributed by atoms with van der Waals surface area (Å²) >= 11 is 0. The second-order valence-electron chi connectivity index (χ2n) is 16.1. The van der Waals surface area contributed by atoms with Gasteiger partial charge in [-0.1, -0.05) is 140 Å². The van der Waals surface area contributed by atoms with Crippen LogP contribution in [0, 0.1) is 0 Å². The largest absolute Gasteiger partial charge is 0.310 e. The van der Waals surface area contributed by atoms with E-state index in [1.807, 2.05) is 0 Å². The second-order valence-corrected chi connectivity index (χ2v) is 16.1. The van der Waals surface area contributed by atoms with E-state index in [1.54, 1.807) is 0 Å². The van der Waals surface area contributed by atoms with Crippen LogP contribution in [0.25, 0.3) is 76.4 Å². The van der Waals surface area contributed by atoms with Gasteiger partial charge < -0.3 is 18.8 Å². The molecule has 3 aromatic heterocycles. The zero-order valence-electron chi connectivity index (χ0n) is 33.7. The number of nitrogens with zero attached hydrogens (tertiary/aromatic N) is 4. The lowest BCUT2D eigenvalue weighted by Crippen LogP contribution is -2.13. The summed E-state index contributed by atoms with van der Waals surface area (Å²) in [5, 5.41) is 10.0. The van der Waals surface area contributed by atoms with Gasteiger partial charge in [0.25, 0.3) is 0 Å². The molecule has 0 saturated heterocycles. The second kappa shape index (κ2) is 13.6. The third-order valence-electron chi connectivity index (χ3n) is 12.7. The van der Waals surface area contributed by atoms with E-state index in [1.165, 1.54) is 70.7 Å². The highest BCUT2D eigenvalue weighted by Crippen LogP contribution is 2.46. The molecule has 13 aromatic rings. The summed E-state index contributed by atoms with van der Waals surface area (Å²) in [5.74, 6) is 0. The van der Waals surface area contributed by atoms with Gasteiger partial charge in [-0.15, -0.1) is 0 Å². The molecule has 0 fully saturated rings. The molecule has 290 valence electrons. The third-order valence-corrected chi connectivity index (χ3v) is 12.7. The quantitative estimate of drug-likeness (QED) is 0.160. The predicted octanol–water partition coefficient (Wildman–Crippen LogP) is 16.0. The molecular weight excluding hydrogens is 753 g/mol. The van der Waals surface area contributed by atoms with E-state index in [9.17, 15) is 0 Å². The van der Waals surface area contributed by atoms with Crippen LogP contribution in [0.4, 0.5) is 34.1 Å². The molecule has 10 aromatic carbocycles. The molecule has 3 heterocycles. The van der Waals surface area contributed by atoms with E-state index in [-0.39, 0.29) is 0 Å². The van der Waals surface area contributed by atoms with Crippen molar-refractivity contribution in [3.63, 3.8) is 0 Å². The molecule has 0 aliphatic rings. The fourth-order valence-electron chi connectivity index (χ4n) is 10.2. The van der Waals surface area contributed by atoms with Crippen molar-refractivity contribution in [3.8, 4) is 5.69 Å². The summed E-state index contributed by atoms with van der Waals surface area (Å²) in [6.07, 6.45) is 0. The lowest BCUT2D eigenvalue weighted by Gasteiger charge is -2.30. The first-order valence-electron chi connectivity index (χ1n) is 21.3. The fourth-order valence-corrected chi connectivity index (χ4v) is 10.2. The van der Waals surface area contributed by atoms with Crippen LogP contribution >= 0.6 is 0 Å². The van der Waals surface area contributed by atoms with Crippen molar-refractivity contribution in [1.82, 2.24) is 8.97 Å². The average Bonchev–Trinajstić information content (AvgIpc) is 3.82. The maximum atomic E-state index is 2.50. The van der Waals surface area contributed by atoms with Crippen LogP contribution < -0.4 is 9.80 Å². The Labute approximate surface area is 358 Å². The zero-order chi connectivity index (χ0) is 40.7. The molecule has 0 radical (unpaired) electrons. The fraction of sp³-hybridized carbons (Fsp3) is 0. The summed E-state index contributed by atoms with van der Waals surface area (Å²) in [5.41, 5.74) is 13.7. The topological polar surface area (TPSA) is 15.8 Å². The molecule has 62 heavy (non-hydrogen) atoms. The van der Waals surface area contributed by atoms with E-state index in [4.69, 9.17) is 0 Å². The monoisotopic (exact) mass is 790 g/mol. The summed E-state index contributed by atoms with van der Waals surface area (Å²) < 4.78 is 4.97. The molecule has 4 nitrogen and oxygen atoms in total. The first-order valence-corrected chi connectivity index (χ1v) is 21.3. The first kappa shape index (κ1) is 34.5. The van der Waals surface area contributed by atoms with Crippen LogP contribution in [-0.2, 0) is 0 Å². The highest BCUT2D eigenvalue weighted by Gasteiger charge is 2.23. The van der Waals surface area contributed by atoms with E-state index < -0.39 is 0 Å². The molecule has 0 atom stereocenters. The molecule has 0 unspecified atom stereocenters. The third kappa shape index (κ3) is 5.07. The molecular formula is C58H38N4. The summed E-state index contributed by atoms with van der Waals surface area (Å²) in [6.45, 7) is 0. The lowest BCUT2D eigenvalue weighted by molar-refractivity contribution is 1.17. The van der Waals surface area contributed by atoms with Gasteiger partial charge in [-0.25, -0.2) is 0 Å². The van der Waals surface area contributed by atoms with Crippen molar-refractivity contribution in [1.29, 1.82) is 0 Å². The van der Waals surface area contributed by atoms with Gasteiger partial charge in [-0.2, -0.15) is 0 Å². The minimum absolute atomic E-state index is 1.06. The predicted molar refractivity (Wildman–Crippen MR) is 262 cm³/mol. The number of para-hydroxylation sites is 4. The van der Waals surface area contributed by atoms with Gasteiger partial charge in [0.05, 0.1) is 33.3 Å². The summed E-state index contributed by atoms with van der Waals surface area (Å²) in [4.78, 5) is 4.76. The molecule has 0 saturated carbocycles. The van der Waals surface area contributed by atoms with Crippen molar-refractivity contribution >= 4 is 105 Å². The summed E-state index contributed by atoms with van der Waals surface area (Å²) in [6, 6.07) is 83.9. The van der Waals surface area contributed by atoms with Crippen molar-refractivity contribution in [3.05, 3.63) is 231 Å². The van der Waals surface area contributed by atoms with Crippen molar-refractivity contribution in [2.45, 2.75) is 0 Å². The van der Waals surface area contributed by atoms with Crippen LogP contribution in [0.1, 0.15) is 0 Å². The summed E-state index contributed by atoms with van der Waals surface area (Å²) in [7, 11) is 0. The van der Waals surface area contributed by atoms with Crippen molar-refractivity contribution in [2.75, 3.05) is 9.80 Å². The number of aromatic nitrogens is 2. The molecule has 0 amide bonds. The molecule has 4 heteroatoms. The van der Waals surface area contributed by atoms with Crippen LogP contribution in [0.15, 0.2) is 231 Å². The molecule has 13 rings (SSSR count). The van der Waals surface area contributed by atoms with E-state index >= 15 is 0 Å². The van der Waals surface area contributed by atoms with E-state index in [2.05, 4.69) is 249 Å². The van der Waals surface area contributed by atoms with Gasteiger partial charge in [-0.05, 0) is 102 Å². The zero-order valence-corrected chi connectivity index (χ0v) is 33.7. The number of rotatable bonds is 7. The minimum atomic E-state index is 1.06. The Kier molecular flexibility index (Phi) is 7.57. The highest BCUT2D eigenvalue weighted by atomic mass is 15.2. The van der Waals surface area contributed by atoms with Crippen LogP contribution in [-0.4, -0.2) is 8.97 Å². The average molecular weight is 791 g/mol. The lowest BCUT2D eigenvalue weighted by atomic mass is 10.0. The van der Waals surface area contributed by atoms with Gasteiger partial charge in [0.2, 0.25) is 0 Å². The smallest absolute Gasteiger partial charge is 0.0619 e. The number of hydrogen-bond acceptors (Lipinski definition) is 2. The Balaban J connectivity index is 1.03. The van der Waals surface area contributed by atoms with Crippen LogP contribution in [0.5, 0.6) is 0 Å². The van der Waals surface area contributed by atoms with Gasteiger partial charge in [0.15, 0.2) is 0 Å². The number of fused-ring (bicyclic) bond motifs is 6. The first-order chi connectivity index (χ1) is 30.8. The SMILES string of the molecule is c1ccc(N(c2cccc(N(c3ccccc3)c3cccc4ccccc34)c2)c2cccc(-n3c4cccc5c6cccc7c8ccccc8n(c8cccc3c8c54)c67)c2)cc1. The molecule has 0 spiro atoms. The number of benzene rings is 10. The van der Waals surface area contributed by atoms with Gasteiger partial charge >= 0.3 is 0 Å². The molecule has 0 aliphatic carbocycles. The Morgan fingerprint density at radius 2 is 0.774 bits per heavy atom. The normalized spacial score (nSPS) is 11.9. The van der Waals surface area contributed by atoms with Crippen LogP contribution in [0.2, 0.25) is 0 Å². The minimum Gasteiger partial charge on any atom is -0.310 e. The Hall–Kier alpha value is -8.34. The number of anilines is 6. The maximum Gasteiger partial charge on any atom is 0.0619 e. The van der Waals surface area contributed by atoms with E-state index in [0.717, 1.165) is 39.8 Å². The maximum absolute atomic E-state index is 2.50. The standard InChI is InChI=1S/C58H38N4/c1-3-19-40(20-4-1)59(42-23-12-25-44(37-42)60(41-21-5-2-6-22-41)51-33-11-18-39-17-7-8-27-46(39)51)43-24-13-26-45(38-43)61-53-34-15-29-48-50-31-14-30-49-47-28-9-10-32-52(47)62(58(49)50)55-36-16-35-54(61)57(55)56(48)53/h1-38H. The van der Waals surface area contributed by atoms with Crippen molar-refractivity contribution < 1.29 is 0 Å². The Morgan fingerprint density at radius 3 is 1.58 bits per heavy atom. The molecule has 0 bridgehead atoms. The van der Waals surface area contributed by atoms with Gasteiger partial charge in [0.1, 0.15) is 0 Å². The Morgan fingerprint density at radius 1 is 0.290 bits per heavy atom. The van der Waals surface area contributed by atoms with Gasteiger partial charge in [0, 0.05) is 66.4 Å². The van der Waals surface area contributed by atoms with Crippen molar-refractivity contribution in [2.24, 2.45) is 0 Å². The van der Waals surface area contributed by atoms with Crippen LogP contribution in [0.3, 0.4) is 0 Å². The highest BCUT2D eigenvalue weighted by molar-refractivity contribution is 6.31. The van der Waals surface area contributed by atoms with E-state index in [0.29, 0.717) is 0 Å². The molecule has 0 N–H and O–H groups in total. The van der Waals surface area contributed by atoms with Gasteiger partial charge in [-0.3, -0.25) is 0 Å². The Bertz CT molecular complexity index is 3820. The number of hydrogen-bond donors (Lipinski definition) is 0.